The predicted octanol–water partition coefficient (Wildman–Crippen LogP) is 2.55. The molecule has 4 heteroatoms. The van der Waals surface area contributed by atoms with Crippen molar-refractivity contribution in [1.29, 1.82) is 0 Å². The summed E-state index contributed by atoms with van der Waals surface area (Å²) >= 11 is 0. The normalized spacial score (nSPS) is 11.1. The third-order valence-corrected chi connectivity index (χ3v) is 3.08. The van der Waals surface area contributed by atoms with Gasteiger partial charge in [-0.25, -0.2) is 0 Å². The molecule has 2 aromatic rings. The van der Waals surface area contributed by atoms with Crippen molar-refractivity contribution in [3.63, 3.8) is 0 Å². The number of nitrogens with zero attached hydrogens (tertiary/aromatic N) is 2. The summed E-state index contributed by atoms with van der Waals surface area (Å²) in [6, 6.07) is 11.9. The van der Waals surface area contributed by atoms with E-state index < -0.39 is 0 Å². The molecular formula is C15H20N2O2. The number of hydrogen-bond donors (Lipinski definition) is 1. The molecule has 0 spiro atoms. The third kappa shape index (κ3) is 3.91. The fraction of sp³-hybridized carbons (Fsp3) is 0.400. The Balaban J connectivity index is 2.01. The first-order chi connectivity index (χ1) is 9.33. The second kappa shape index (κ2) is 7.07. The number of aliphatic hydroxyl groups is 1. The standard InChI is InChI=1S/C15H20N2O2/c1-2-17(9-6-10-18)12-14-11-15(19-16-14)13-7-4-3-5-8-13/h3-5,7-8,11,18H,2,6,9-10,12H2,1H3. The minimum absolute atomic E-state index is 0.227. The largest absolute Gasteiger partial charge is 0.396 e. The van der Waals surface area contributed by atoms with E-state index in [2.05, 4.69) is 17.0 Å². The molecule has 1 N–H and O–H groups in total. The summed E-state index contributed by atoms with van der Waals surface area (Å²) in [5.41, 5.74) is 1.97. The van der Waals surface area contributed by atoms with Crippen molar-refractivity contribution in [2.75, 3.05) is 19.7 Å². The average Bonchev–Trinajstić information content (AvgIpc) is 2.93. The van der Waals surface area contributed by atoms with Gasteiger partial charge in [-0.15, -0.1) is 0 Å². The summed E-state index contributed by atoms with van der Waals surface area (Å²) in [6.07, 6.45) is 0.789. The van der Waals surface area contributed by atoms with Crippen LogP contribution in [0.4, 0.5) is 0 Å². The molecule has 1 heterocycles. The van der Waals surface area contributed by atoms with E-state index in [9.17, 15) is 0 Å². The molecule has 1 aromatic heterocycles. The fourth-order valence-corrected chi connectivity index (χ4v) is 2.00. The lowest BCUT2D eigenvalue weighted by Crippen LogP contribution is -2.24. The van der Waals surface area contributed by atoms with Gasteiger partial charge in [0.25, 0.3) is 0 Å². The highest BCUT2D eigenvalue weighted by molar-refractivity contribution is 5.56. The summed E-state index contributed by atoms with van der Waals surface area (Å²) in [7, 11) is 0. The van der Waals surface area contributed by atoms with E-state index in [1.54, 1.807) is 0 Å². The number of aromatic nitrogens is 1. The first kappa shape index (κ1) is 13.8. The molecule has 0 atom stereocenters. The van der Waals surface area contributed by atoms with Crippen LogP contribution >= 0.6 is 0 Å². The zero-order valence-electron chi connectivity index (χ0n) is 11.2. The summed E-state index contributed by atoms with van der Waals surface area (Å²) < 4.78 is 5.37. The van der Waals surface area contributed by atoms with Crippen LogP contribution in [-0.4, -0.2) is 34.9 Å². The van der Waals surface area contributed by atoms with Gasteiger partial charge in [0, 0.05) is 31.3 Å². The lowest BCUT2D eigenvalue weighted by Gasteiger charge is -2.17. The molecule has 0 amide bonds. The van der Waals surface area contributed by atoms with Crippen molar-refractivity contribution in [1.82, 2.24) is 10.1 Å². The molecule has 0 saturated heterocycles. The molecule has 2 rings (SSSR count). The number of aliphatic hydroxyl groups excluding tert-OH is 1. The van der Waals surface area contributed by atoms with Gasteiger partial charge in [-0.05, 0) is 13.0 Å². The lowest BCUT2D eigenvalue weighted by molar-refractivity contribution is 0.221. The van der Waals surface area contributed by atoms with Gasteiger partial charge in [0.2, 0.25) is 0 Å². The maximum atomic E-state index is 8.87. The topological polar surface area (TPSA) is 49.5 Å². The van der Waals surface area contributed by atoms with Gasteiger partial charge in [-0.3, -0.25) is 4.90 Å². The first-order valence-corrected chi connectivity index (χ1v) is 6.67. The quantitative estimate of drug-likeness (QED) is 0.831. The van der Waals surface area contributed by atoms with E-state index in [-0.39, 0.29) is 6.61 Å². The molecule has 0 aliphatic heterocycles. The van der Waals surface area contributed by atoms with Crippen molar-refractivity contribution < 1.29 is 9.63 Å². The second-order valence-corrected chi connectivity index (χ2v) is 4.49. The molecule has 0 aliphatic rings. The van der Waals surface area contributed by atoms with E-state index in [1.165, 1.54) is 0 Å². The molecule has 1 aromatic carbocycles. The fourth-order valence-electron chi connectivity index (χ4n) is 2.00. The van der Waals surface area contributed by atoms with Crippen LogP contribution < -0.4 is 0 Å². The summed E-state index contributed by atoms with van der Waals surface area (Å²) in [5, 5.41) is 13.0. The SMILES string of the molecule is CCN(CCCO)Cc1cc(-c2ccccc2)on1. The van der Waals surface area contributed by atoms with Gasteiger partial charge >= 0.3 is 0 Å². The van der Waals surface area contributed by atoms with Gasteiger partial charge in [0.15, 0.2) is 5.76 Å². The third-order valence-electron chi connectivity index (χ3n) is 3.08. The number of benzene rings is 1. The van der Waals surface area contributed by atoms with Gasteiger partial charge in [0.05, 0.1) is 5.69 Å². The molecular weight excluding hydrogens is 240 g/mol. The van der Waals surface area contributed by atoms with E-state index in [1.807, 2.05) is 36.4 Å². The van der Waals surface area contributed by atoms with Gasteiger partial charge in [0.1, 0.15) is 0 Å². The van der Waals surface area contributed by atoms with Crippen molar-refractivity contribution in [2.24, 2.45) is 0 Å². The Hall–Kier alpha value is -1.65. The highest BCUT2D eigenvalue weighted by Crippen LogP contribution is 2.20. The van der Waals surface area contributed by atoms with Crippen LogP contribution in [0, 0.1) is 0 Å². The summed E-state index contributed by atoms with van der Waals surface area (Å²) in [5.74, 6) is 0.800. The Labute approximate surface area is 113 Å². The van der Waals surface area contributed by atoms with Crippen molar-refractivity contribution in [3.8, 4) is 11.3 Å². The van der Waals surface area contributed by atoms with Crippen LogP contribution in [0.15, 0.2) is 40.9 Å². The molecule has 0 radical (unpaired) electrons. The highest BCUT2D eigenvalue weighted by atomic mass is 16.5. The second-order valence-electron chi connectivity index (χ2n) is 4.49. The smallest absolute Gasteiger partial charge is 0.167 e. The van der Waals surface area contributed by atoms with E-state index in [4.69, 9.17) is 9.63 Å². The summed E-state index contributed by atoms with van der Waals surface area (Å²) in [4.78, 5) is 2.24. The summed E-state index contributed by atoms with van der Waals surface area (Å²) in [6.45, 7) is 4.90. The van der Waals surface area contributed by atoms with Crippen LogP contribution in [-0.2, 0) is 6.54 Å². The van der Waals surface area contributed by atoms with Crippen LogP contribution in [0.3, 0.4) is 0 Å². The zero-order chi connectivity index (χ0) is 13.5. The molecule has 4 nitrogen and oxygen atoms in total. The van der Waals surface area contributed by atoms with Gasteiger partial charge < -0.3 is 9.63 Å². The lowest BCUT2D eigenvalue weighted by atomic mass is 10.1. The maximum absolute atomic E-state index is 8.87. The maximum Gasteiger partial charge on any atom is 0.167 e. The monoisotopic (exact) mass is 260 g/mol. The minimum Gasteiger partial charge on any atom is -0.396 e. The minimum atomic E-state index is 0.227. The molecule has 0 aliphatic carbocycles. The Bertz CT molecular complexity index is 482. The Morgan fingerprint density at radius 2 is 2.05 bits per heavy atom. The van der Waals surface area contributed by atoms with Crippen LogP contribution in [0.25, 0.3) is 11.3 Å². The molecule has 0 saturated carbocycles. The molecule has 0 unspecified atom stereocenters. The van der Waals surface area contributed by atoms with Crippen molar-refractivity contribution in [2.45, 2.75) is 19.9 Å². The molecule has 19 heavy (non-hydrogen) atoms. The Morgan fingerprint density at radius 3 is 2.74 bits per heavy atom. The number of hydrogen-bond acceptors (Lipinski definition) is 4. The Morgan fingerprint density at radius 1 is 1.26 bits per heavy atom. The molecule has 0 bridgehead atoms. The van der Waals surface area contributed by atoms with E-state index in [0.717, 1.165) is 43.1 Å². The van der Waals surface area contributed by atoms with E-state index >= 15 is 0 Å². The van der Waals surface area contributed by atoms with Crippen LogP contribution in [0.5, 0.6) is 0 Å². The van der Waals surface area contributed by atoms with E-state index in [0.29, 0.717) is 0 Å². The average molecular weight is 260 g/mol. The van der Waals surface area contributed by atoms with Gasteiger partial charge in [-0.2, -0.15) is 0 Å². The first-order valence-electron chi connectivity index (χ1n) is 6.67. The number of rotatable bonds is 7. The highest BCUT2D eigenvalue weighted by Gasteiger charge is 2.09. The Kier molecular flexibility index (Phi) is 5.12. The molecule has 102 valence electrons. The van der Waals surface area contributed by atoms with Crippen molar-refractivity contribution >= 4 is 0 Å². The van der Waals surface area contributed by atoms with Crippen LogP contribution in [0.1, 0.15) is 19.0 Å². The zero-order valence-corrected chi connectivity index (χ0v) is 11.2. The molecule has 0 fully saturated rings. The van der Waals surface area contributed by atoms with Crippen molar-refractivity contribution in [3.05, 3.63) is 42.1 Å². The predicted molar refractivity (Wildman–Crippen MR) is 74.6 cm³/mol. The van der Waals surface area contributed by atoms with Gasteiger partial charge in [-0.1, -0.05) is 42.4 Å². The van der Waals surface area contributed by atoms with Crippen LogP contribution in [0.2, 0.25) is 0 Å².